The van der Waals surface area contributed by atoms with Gasteiger partial charge in [-0.2, -0.15) is 0 Å². The molecular weight excluding hydrogens is 162 g/mol. The fraction of sp³-hybridized carbons (Fsp3) is 0.636. The molecule has 0 saturated carbocycles. The first kappa shape index (κ1) is 10.3. The maximum absolute atomic E-state index is 8.88. The molecular formula is C11H19NO. The minimum Gasteiger partial charge on any atom is -0.396 e. The fourth-order valence-corrected chi connectivity index (χ4v) is 1.71. The van der Waals surface area contributed by atoms with Crippen molar-refractivity contribution in [1.29, 1.82) is 0 Å². The molecule has 1 rings (SSSR count). The normalized spacial score (nSPS) is 13.1. The highest BCUT2D eigenvalue weighted by atomic mass is 16.3. The monoisotopic (exact) mass is 181 g/mol. The zero-order valence-corrected chi connectivity index (χ0v) is 8.32. The number of aliphatic hydroxyl groups is 1. The van der Waals surface area contributed by atoms with E-state index < -0.39 is 0 Å². The molecule has 2 heteroatoms. The van der Waals surface area contributed by atoms with Gasteiger partial charge in [-0.05, 0) is 30.9 Å². The minimum atomic E-state index is 0.311. The molecule has 1 aromatic heterocycles. The summed E-state index contributed by atoms with van der Waals surface area (Å²) in [7, 11) is 0. The van der Waals surface area contributed by atoms with Crippen molar-refractivity contribution >= 4 is 0 Å². The molecule has 13 heavy (non-hydrogen) atoms. The van der Waals surface area contributed by atoms with Crippen LogP contribution in [0.4, 0.5) is 0 Å². The van der Waals surface area contributed by atoms with Gasteiger partial charge in [0.1, 0.15) is 0 Å². The van der Waals surface area contributed by atoms with Crippen LogP contribution >= 0.6 is 0 Å². The Morgan fingerprint density at radius 2 is 1.92 bits per heavy atom. The van der Waals surface area contributed by atoms with Crippen molar-refractivity contribution in [3.8, 4) is 0 Å². The van der Waals surface area contributed by atoms with E-state index >= 15 is 0 Å². The Labute approximate surface area is 80.2 Å². The highest BCUT2D eigenvalue weighted by Gasteiger charge is 2.06. The lowest BCUT2D eigenvalue weighted by molar-refractivity contribution is 0.240. The number of hydrogen-bond acceptors (Lipinski definition) is 1. The van der Waals surface area contributed by atoms with Gasteiger partial charge in [0, 0.05) is 25.5 Å². The van der Waals surface area contributed by atoms with Crippen LogP contribution in [0.1, 0.15) is 26.2 Å². The Kier molecular flexibility index (Phi) is 4.61. The summed E-state index contributed by atoms with van der Waals surface area (Å²) < 4.78 is 2.19. The third kappa shape index (κ3) is 3.64. The average molecular weight is 181 g/mol. The predicted molar refractivity (Wildman–Crippen MR) is 54.5 cm³/mol. The molecule has 0 aliphatic carbocycles. The van der Waals surface area contributed by atoms with Gasteiger partial charge < -0.3 is 9.67 Å². The van der Waals surface area contributed by atoms with Crippen LogP contribution in [0.2, 0.25) is 0 Å². The molecule has 0 aliphatic heterocycles. The van der Waals surface area contributed by atoms with Crippen LogP contribution in [0, 0.1) is 5.92 Å². The van der Waals surface area contributed by atoms with Crippen LogP contribution in [0.15, 0.2) is 24.5 Å². The Morgan fingerprint density at radius 3 is 2.46 bits per heavy atom. The first-order valence-electron chi connectivity index (χ1n) is 5.08. The summed E-state index contributed by atoms with van der Waals surface area (Å²) in [6.07, 6.45) is 7.50. The second kappa shape index (κ2) is 5.81. The molecule has 0 saturated heterocycles. The van der Waals surface area contributed by atoms with E-state index in [1.807, 2.05) is 12.1 Å². The van der Waals surface area contributed by atoms with E-state index in [1.165, 1.54) is 12.8 Å². The van der Waals surface area contributed by atoms with Crippen molar-refractivity contribution in [3.63, 3.8) is 0 Å². The van der Waals surface area contributed by atoms with E-state index in [1.54, 1.807) is 0 Å². The van der Waals surface area contributed by atoms with E-state index in [0.717, 1.165) is 13.0 Å². The highest BCUT2D eigenvalue weighted by Crippen LogP contribution is 2.13. The molecule has 0 spiro atoms. The Bertz CT molecular complexity index is 200. The lowest BCUT2D eigenvalue weighted by Crippen LogP contribution is -2.10. The largest absolute Gasteiger partial charge is 0.396 e. The van der Waals surface area contributed by atoms with Crippen LogP contribution < -0.4 is 0 Å². The van der Waals surface area contributed by atoms with E-state index in [2.05, 4.69) is 23.9 Å². The maximum atomic E-state index is 8.88. The SMILES string of the molecule is CCCC(CCO)Cn1cccc1. The zero-order chi connectivity index (χ0) is 9.52. The first-order valence-corrected chi connectivity index (χ1v) is 5.08. The Hall–Kier alpha value is -0.760. The summed E-state index contributed by atoms with van der Waals surface area (Å²) in [4.78, 5) is 0. The molecule has 0 bridgehead atoms. The molecule has 1 atom stereocenters. The van der Waals surface area contributed by atoms with Gasteiger partial charge in [0.15, 0.2) is 0 Å². The Morgan fingerprint density at radius 1 is 1.23 bits per heavy atom. The van der Waals surface area contributed by atoms with Gasteiger partial charge in [-0.1, -0.05) is 13.3 Å². The van der Waals surface area contributed by atoms with Crippen molar-refractivity contribution < 1.29 is 5.11 Å². The van der Waals surface area contributed by atoms with Gasteiger partial charge in [0.05, 0.1) is 0 Å². The number of rotatable bonds is 6. The molecule has 0 fully saturated rings. The predicted octanol–water partition coefficient (Wildman–Crippen LogP) is 2.29. The molecule has 0 amide bonds. The quantitative estimate of drug-likeness (QED) is 0.715. The van der Waals surface area contributed by atoms with Crippen molar-refractivity contribution in [2.24, 2.45) is 5.92 Å². The highest BCUT2D eigenvalue weighted by molar-refractivity contribution is 4.90. The molecule has 1 unspecified atom stereocenters. The topological polar surface area (TPSA) is 25.2 Å². The van der Waals surface area contributed by atoms with Crippen molar-refractivity contribution in [2.45, 2.75) is 32.7 Å². The molecule has 0 aromatic carbocycles. The molecule has 1 N–H and O–H groups in total. The van der Waals surface area contributed by atoms with E-state index in [0.29, 0.717) is 12.5 Å². The maximum Gasteiger partial charge on any atom is 0.0434 e. The Balaban J connectivity index is 2.37. The molecule has 2 nitrogen and oxygen atoms in total. The van der Waals surface area contributed by atoms with Crippen LogP contribution in [0.25, 0.3) is 0 Å². The fourth-order valence-electron chi connectivity index (χ4n) is 1.71. The second-order valence-electron chi connectivity index (χ2n) is 3.55. The van der Waals surface area contributed by atoms with Gasteiger partial charge in [-0.3, -0.25) is 0 Å². The number of aliphatic hydroxyl groups excluding tert-OH is 1. The van der Waals surface area contributed by atoms with Crippen molar-refractivity contribution in [2.75, 3.05) is 6.61 Å². The lowest BCUT2D eigenvalue weighted by atomic mass is 10.0. The summed E-state index contributed by atoms with van der Waals surface area (Å²) in [5, 5.41) is 8.88. The number of aromatic nitrogens is 1. The summed E-state index contributed by atoms with van der Waals surface area (Å²) in [5.74, 6) is 0.627. The average Bonchev–Trinajstić information content (AvgIpc) is 2.58. The standard InChI is InChI=1S/C11H19NO/c1-2-5-11(6-9-13)10-12-7-3-4-8-12/h3-4,7-8,11,13H,2,5-6,9-10H2,1H3. The van der Waals surface area contributed by atoms with Crippen molar-refractivity contribution in [3.05, 3.63) is 24.5 Å². The van der Waals surface area contributed by atoms with Crippen molar-refractivity contribution in [1.82, 2.24) is 4.57 Å². The molecule has 1 heterocycles. The lowest BCUT2D eigenvalue weighted by Gasteiger charge is -2.15. The zero-order valence-electron chi connectivity index (χ0n) is 8.32. The number of nitrogens with zero attached hydrogens (tertiary/aromatic N) is 1. The summed E-state index contributed by atoms with van der Waals surface area (Å²) >= 11 is 0. The second-order valence-corrected chi connectivity index (χ2v) is 3.55. The summed E-state index contributed by atoms with van der Waals surface area (Å²) in [6.45, 7) is 3.55. The van der Waals surface area contributed by atoms with Gasteiger partial charge in [0.25, 0.3) is 0 Å². The molecule has 1 aromatic rings. The van der Waals surface area contributed by atoms with Gasteiger partial charge >= 0.3 is 0 Å². The minimum absolute atomic E-state index is 0.311. The smallest absolute Gasteiger partial charge is 0.0434 e. The third-order valence-corrected chi connectivity index (χ3v) is 2.37. The molecule has 0 radical (unpaired) electrons. The van der Waals surface area contributed by atoms with Gasteiger partial charge in [-0.15, -0.1) is 0 Å². The van der Waals surface area contributed by atoms with Crippen LogP contribution in [-0.2, 0) is 6.54 Å². The summed E-state index contributed by atoms with van der Waals surface area (Å²) in [5.41, 5.74) is 0. The van der Waals surface area contributed by atoms with Crippen LogP contribution in [0.5, 0.6) is 0 Å². The van der Waals surface area contributed by atoms with Crippen LogP contribution in [0.3, 0.4) is 0 Å². The van der Waals surface area contributed by atoms with Crippen LogP contribution in [-0.4, -0.2) is 16.3 Å². The van der Waals surface area contributed by atoms with E-state index in [4.69, 9.17) is 5.11 Å². The van der Waals surface area contributed by atoms with Gasteiger partial charge in [0.2, 0.25) is 0 Å². The van der Waals surface area contributed by atoms with E-state index in [-0.39, 0.29) is 0 Å². The third-order valence-electron chi connectivity index (χ3n) is 2.37. The van der Waals surface area contributed by atoms with E-state index in [9.17, 15) is 0 Å². The number of hydrogen-bond donors (Lipinski definition) is 1. The summed E-state index contributed by atoms with van der Waals surface area (Å²) in [6, 6.07) is 4.09. The molecule has 0 aliphatic rings. The molecule has 74 valence electrons. The first-order chi connectivity index (χ1) is 6.36. The van der Waals surface area contributed by atoms with Gasteiger partial charge in [-0.25, -0.2) is 0 Å².